The number of carbonyl (C=O) groups is 2. The van der Waals surface area contributed by atoms with E-state index in [1.165, 1.54) is 12.0 Å². The SMILES string of the molecule is O=C(Nc1ccccc1)N1CC2CN(CCCc3ccccc3)C2C1.O=C(O)C(F)(F)F. The lowest BCUT2D eigenvalue weighted by Crippen LogP contribution is -2.55. The van der Waals surface area contributed by atoms with Crippen molar-refractivity contribution in [2.75, 3.05) is 31.5 Å². The fourth-order valence-corrected chi connectivity index (χ4v) is 4.02. The van der Waals surface area contributed by atoms with E-state index in [1.807, 2.05) is 35.2 Å². The standard InChI is InChI=1S/C21H25N3O.C2HF3O2/c25-21(22-19-11-5-2-6-12-19)24-15-18-14-23(20(18)16-24)13-7-10-17-8-3-1-4-9-17;3-2(4,5)1(6)7/h1-6,8-9,11-12,18,20H,7,10,13-16H2,(H,22,25);(H,6,7). The molecule has 0 aromatic heterocycles. The Balaban J connectivity index is 0.000000360. The Hall–Kier alpha value is -3.07. The number of anilines is 1. The monoisotopic (exact) mass is 449 g/mol. The fourth-order valence-electron chi connectivity index (χ4n) is 4.02. The number of amides is 2. The van der Waals surface area contributed by atoms with Crippen LogP contribution in [0.3, 0.4) is 0 Å². The van der Waals surface area contributed by atoms with Gasteiger partial charge in [0.05, 0.1) is 0 Å². The molecule has 4 rings (SSSR count). The van der Waals surface area contributed by atoms with Gasteiger partial charge in [0, 0.05) is 37.3 Å². The summed E-state index contributed by atoms with van der Waals surface area (Å²) in [4.78, 5) is 25.8. The van der Waals surface area contributed by atoms with Crippen LogP contribution in [-0.4, -0.2) is 65.3 Å². The number of urea groups is 1. The van der Waals surface area contributed by atoms with Crippen LogP contribution >= 0.6 is 0 Å². The zero-order chi connectivity index (χ0) is 23.1. The van der Waals surface area contributed by atoms with E-state index in [4.69, 9.17) is 9.90 Å². The molecule has 2 amide bonds. The lowest BCUT2D eigenvalue weighted by Gasteiger charge is -2.43. The van der Waals surface area contributed by atoms with Crippen molar-refractivity contribution in [3.8, 4) is 0 Å². The third kappa shape index (κ3) is 6.46. The minimum atomic E-state index is -5.08. The first kappa shape index (κ1) is 23.6. The number of benzene rings is 2. The Morgan fingerprint density at radius 3 is 2.16 bits per heavy atom. The molecular formula is C23H26F3N3O3. The molecule has 0 saturated carbocycles. The van der Waals surface area contributed by atoms with Crippen molar-refractivity contribution in [2.24, 2.45) is 5.92 Å². The predicted molar refractivity (Wildman–Crippen MR) is 114 cm³/mol. The Morgan fingerprint density at radius 2 is 1.56 bits per heavy atom. The number of aryl methyl sites for hydroxylation is 1. The van der Waals surface area contributed by atoms with Crippen LogP contribution in [0.5, 0.6) is 0 Å². The predicted octanol–water partition coefficient (Wildman–Crippen LogP) is 4.10. The van der Waals surface area contributed by atoms with E-state index in [2.05, 4.69) is 40.5 Å². The largest absolute Gasteiger partial charge is 0.490 e. The van der Waals surface area contributed by atoms with E-state index in [0.717, 1.165) is 38.3 Å². The van der Waals surface area contributed by atoms with Crippen molar-refractivity contribution in [1.29, 1.82) is 0 Å². The maximum atomic E-state index is 12.4. The topological polar surface area (TPSA) is 72.9 Å². The Morgan fingerprint density at radius 1 is 0.969 bits per heavy atom. The highest BCUT2D eigenvalue weighted by Crippen LogP contribution is 2.32. The van der Waals surface area contributed by atoms with Crippen LogP contribution in [0.25, 0.3) is 0 Å². The fraction of sp³-hybridized carbons (Fsp3) is 0.391. The number of fused-ring (bicyclic) bond motifs is 1. The molecule has 0 aliphatic carbocycles. The van der Waals surface area contributed by atoms with Gasteiger partial charge in [-0.15, -0.1) is 0 Å². The summed E-state index contributed by atoms with van der Waals surface area (Å²) < 4.78 is 31.7. The van der Waals surface area contributed by atoms with Gasteiger partial charge in [-0.05, 0) is 37.1 Å². The van der Waals surface area contributed by atoms with Gasteiger partial charge < -0.3 is 15.3 Å². The van der Waals surface area contributed by atoms with Gasteiger partial charge in [-0.3, -0.25) is 4.90 Å². The molecule has 2 heterocycles. The molecule has 2 unspecified atom stereocenters. The van der Waals surface area contributed by atoms with Gasteiger partial charge in [-0.2, -0.15) is 13.2 Å². The molecule has 172 valence electrons. The maximum Gasteiger partial charge on any atom is 0.490 e. The van der Waals surface area contributed by atoms with Gasteiger partial charge in [0.1, 0.15) is 0 Å². The van der Waals surface area contributed by atoms with Crippen LogP contribution < -0.4 is 5.32 Å². The van der Waals surface area contributed by atoms with E-state index < -0.39 is 12.1 Å². The minimum absolute atomic E-state index is 0.0323. The molecule has 2 aromatic carbocycles. The zero-order valence-electron chi connectivity index (χ0n) is 17.5. The summed E-state index contributed by atoms with van der Waals surface area (Å²) in [5.41, 5.74) is 2.28. The second-order valence-corrected chi connectivity index (χ2v) is 7.92. The number of rotatable bonds is 5. The second-order valence-electron chi connectivity index (χ2n) is 7.92. The normalized spacial score (nSPS) is 19.9. The van der Waals surface area contributed by atoms with Crippen LogP contribution in [0.4, 0.5) is 23.7 Å². The molecule has 6 nitrogen and oxygen atoms in total. The molecular weight excluding hydrogens is 423 g/mol. The highest BCUT2D eigenvalue weighted by atomic mass is 19.4. The summed E-state index contributed by atoms with van der Waals surface area (Å²) in [6.07, 6.45) is -2.77. The number of aliphatic carboxylic acids is 1. The number of alkyl halides is 3. The molecule has 0 radical (unpaired) electrons. The number of likely N-dealkylation sites (tertiary alicyclic amines) is 2. The zero-order valence-corrected chi connectivity index (χ0v) is 17.5. The number of carbonyl (C=O) groups excluding carboxylic acids is 1. The van der Waals surface area contributed by atoms with E-state index in [1.54, 1.807) is 0 Å². The molecule has 2 N–H and O–H groups in total. The number of para-hydroxylation sites is 1. The van der Waals surface area contributed by atoms with E-state index in [0.29, 0.717) is 12.0 Å². The van der Waals surface area contributed by atoms with Crippen molar-refractivity contribution < 1.29 is 27.9 Å². The van der Waals surface area contributed by atoms with Crippen LogP contribution in [-0.2, 0) is 11.2 Å². The Bertz CT molecular complexity index is 894. The number of hydrogen-bond acceptors (Lipinski definition) is 3. The number of nitrogens with zero attached hydrogens (tertiary/aromatic N) is 2. The van der Waals surface area contributed by atoms with E-state index in [-0.39, 0.29) is 6.03 Å². The number of halogens is 3. The summed E-state index contributed by atoms with van der Waals surface area (Å²) in [5, 5.41) is 10.1. The van der Waals surface area contributed by atoms with E-state index in [9.17, 15) is 18.0 Å². The number of hydrogen-bond donors (Lipinski definition) is 2. The Kier molecular flexibility index (Phi) is 7.74. The molecule has 2 saturated heterocycles. The first-order chi connectivity index (χ1) is 15.2. The highest BCUT2D eigenvalue weighted by Gasteiger charge is 2.46. The van der Waals surface area contributed by atoms with Crippen molar-refractivity contribution in [3.05, 3.63) is 66.2 Å². The number of carboxylic acids is 1. The summed E-state index contributed by atoms with van der Waals surface area (Å²) in [5.74, 6) is -2.11. The smallest absolute Gasteiger partial charge is 0.475 e. The molecule has 32 heavy (non-hydrogen) atoms. The molecule has 2 aromatic rings. The van der Waals surface area contributed by atoms with E-state index >= 15 is 0 Å². The average Bonchev–Trinajstić information content (AvgIpc) is 3.09. The Labute approximate surface area is 184 Å². The molecule has 9 heteroatoms. The lowest BCUT2D eigenvalue weighted by atomic mass is 9.91. The van der Waals surface area contributed by atoms with Gasteiger partial charge in [0.25, 0.3) is 0 Å². The summed E-state index contributed by atoms with van der Waals surface area (Å²) in [6, 6.07) is 21.0. The maximum absolute atomic E-state index is 12.4. The molecule has 2 aliphatic rings. The van der Waals surface area contributed by atoms with Gasteiger partial charge in [0.15, 0.2) is 0 Å². The van der Waals surface area contributed by atoms with Crippen molar-refractivity contribution >= 4 is 17.7 Å². The van der Waals surface area contributed by atoms with Crippen LogP contribution in [0, 0.1) is 5.92 Å². The van der Waals surface area contributed by atoms with Crippen LogP contribution in [0.15, 0.2) is 60.7 Å². The molecule has 0 spiro atoms. The molecule has 2 atom stereocenters. The lowest BCUT2D eigenvalue weighted by molar-refractivity contribution is -0.192. The third-order valence-electron chi connectivity index (χ3n) is 5.65. The molecule has 2 fully saturated rings. The average molecular weight is 449 g/mol. The first-order valence-corrected chi connectivity index (χ1v) is 10.4. The molecule has 0 bridgehead atoms. The van der Waals surface area contributed by atoms with Crippen molar-refractivity contribution in [2.45, 2.75) is 25.1 Å². The minimum Gasteiger partial charge on any atom is -0.475 e. The van der Waals surface area contributed by atoms with Crippen molar-refractivity contribution in [3.63, 3.8) is 0 Å². The van der Waals surface area contributed by atoms with Gasteiger partial charge in [-0.1, -0.05) is 48.5 Å². The summed E-state index contributed by atoms with van der Waals surface area (Å²) in [7, 11) is 0. The number of carboxylic acid groups (broad SMARTS) is 1. The van der Waals surface area contributed by atoms with Crippen molar-refractivity contribution in [1.82, 2.24) is 9.80 Å². The highest BCUT2D eigenvalue weighted by molar-refractivity contribution is 5.89. The third-order valence-corrected chi connectivity index (χ3v) is 5.65. The number of nitrogens with one attached hydrogen (secondary N) is 1. The second kappa shape index (κ2) is 10.5. The molecule has 2 aliphatic heterocycles. The quantitative estimate of drug-likeness (QED) is 0.721. The summed E-state index contributed by atoms with van der Waals surface area (Å²) >= 11 is 0. The van der Waals surface area contributed by atoms with Gasteiger partial charge in [-0.25, -0.2) is 9.59 Å². The van der Waals surface area contributed by atoms with Crippen LogP contribution in [0.2, 0.25) is 0 Å². The van der Waals surface area contributed by atoms with Gasteiger partial charge in [0.2, 0.25) is 0 Å². The summed E-state index contributed by atoms with van der Waals surface area (Å²) in [6.45, 7) is 4.01. The van der Waals surface area contributed by atoms with Gasteiger partial charge >= 0.3 is 18.2 Å². The first-order valence-electron chi connectivity index (χ1n) is 10.4. The van der Waals surface area contributed by atoms with Crippen LogP contribution in [0.1, 0.15) is 12.0 Å².